The Morgan fingerprint density at radius 1 is 1.33 bits per heavy atom. The van der Waals surface area contributed by atoms with Crippen LogP contribution < -0.4 is 0 Å². The van der Waals surface area contributed by atoms with E-state index >= 15 is 0 Å². The van der Waals surface area contributed by atoms with E-state index in [0.717, 1.165) is 6.08 Å². The summed E-state index contributed by atoms with van der Waals surface area (Å²) in [6.45, 7) is 8.36. The van der Waals surface area contributed by atoms with Gasteiger partial charge in [0.05, 0.1) is 19.3 Å². The zero-order valence-electron chi connectivity index (χ0n) is 9.96. The van der Waals surface area contributed by atoms with E-state index in [4.69, 9.17) is 14.6 Å². The van der Waals surface area contributed by atoms with Crippen LogP contribution in [0.15, 0.2) is 24.8 Å². The standard InChI is InChI=1S/2C6H8O3/c1-4(6(7)8)2-5-3-9-5;1-2-6(7)9-4-5-3-8-5/h5H,1-3H2,(H,7,8);2,5H,1,3-4H2. The zero-order chi connectivity index (χ0) is 13.5. The molecule has 18 heavy (non-hydrogen) atoms. The Morgan fingerprint density at radius 2 is 1.89 bits per heavy atom. The Kier molecular flexibility index (Phi) is 5.54. The Morgan fingerprint density at radius 3 is 2.28 bits per heavy atom. The molecule has 2 unspecified atom stereocenters. The summed E-state index contributed by atoms with van der Waals surface area (Å²) in [5.74, 6) is -1.31. The second-order valence-electron chi connectivity index (χ2n) is 3.86. The smallest absolute Gasteiger partial charge is 0.331 e. The van der Waals surface area contributed by atoms with Crippen LogP contribution in [0, 0.1) is 0 Å². The molecule has 0 aromatic rings. The van der Waals surface area contributed by atoms with Crippen LogP contribution in [0.5, 0.6) is 0 Å². The van der Waals surface area contributed by atoms with Crippen molar-refractivity contribution in [3.63, 3.8) is 0 Å². The largest absolute Gasteiger partial charge is 0.478 e. The molecule has 0 amide bonds. The molecule has 0 saturated carbocycles. The lowest BCUT2D eigenvalue weighted by molar-refractivity contribution is -0.138. The third-order valence-electron chi connectivity index (χ3n) is 2.16. The van der Waals surface area contributed by atoms with E-state index < -0.39 is 5.97 Å². The fourth-order valence-corrected chi connectivity index (χ4v) is 0.946. The van der Waals surface area contributed by atoms with Gasteiger partial charge in [-0.05, 0) is 0 Å². The lowest BCUT2D eigenvalue weighted by Gasteiger charge is -1.94. The van der Waals surface area contributed by atoms with Crippen molar-refractivity contribution >= 4 is 11.9 Å². The van der Waals surface area contributed by atoms with Gasteiger partial charge in [-0.25, -0.2) is 9.59 Å². The summed E-state index contributed by atoms with van der Waals surface area (Å²) in [4.78, 5) is 20.5. The third kappa shape index (κ3) is 6.82. The first-order chi connectivity index (χ1) is 8.52. The number of aliphatic carboxylic acids is 1. The molecule has 0 spiro atoms. The predicted octanol–water partition coefficient (Wildman–Crippen LogP) is 0.530. The highest BCUT2D eigenvalue weighted by Gasteiger charge is 2.25. The van der Waals surface area contributed by atoms with E-state index in [2.05, 4.69) is 17.9 Å². The molecular weight excluding hydrogens is 240 g/mol. The molecule has 1 N–H and O–H groups in total. The van der Waals surface area contributed by atoms with Gasteiger partial charge in [-0.2, -0.15) is 0 Å². The Hall–Kier alpha value is -1.66. The molecule has 2 heterocycles. The van der Waals surface area contributed by atoms with Crippen molar-refractivity contribution in [3.05, 3.63) is 24.8 Å². The van der Waals surface area contributed by atoms with Crippen LogP contribution in [0.25, 0.3) is 0 Å². The van der Waals surface area contributed by atoms with Gasteiger partial charge in [-0.3, -0.25) is 0 Å². The number of ether oxygens (including phenoxy) is 3. The molecule has 2 rings (SSSR count). The second-order valence-corrected chi connectivity index (χ2v) is 3.86. The Bertz CT molecular complexity index is 338. The highest BCUT2D eigenvalue weighted by molar-refractivity contribution is 5.85. The summed E-state index contributed by atoms with van der Waals surface area (Å²) in [6, 6.07) is 0. The van der Waals surface area contributed by atoms with Crippen molar-refractivity contribution in [2.24, 2.45) is 0 Å². The number of epoxide rings is 2. The molecule has 6 nitrogen and oxygen atoms in total. The topological polar surface area (TPSA) is 88.7 Å². The van der Waals surface area contributed by atoms with Crippen molar-refractivity contribution in [1.82, 2.24) is 0 Å². The summed E-state index contributed by atoms with van der Waals surface area (Å²) in [7, 11) is 0. The summed E-state index contributed by atoms with van der Waals surface area (Å²) in [5, 5.41) is 8.30. The predicted molar refractivity (Wildman–Crippen MR) is 62.0 cm³/mol. The van der Waals surface area contributed by atoms with Gasteiger partial charge in [0.25, 0.3) is 0 Å². The van der Waals surface area contributed by atoms with Crippen molar-refractivity contribution in [1.29, 1.82) is 0 Å². The number of hydrogen-bond acceptors (Lipinski definition) is 5. The van der Waals surface area contributed by atoms with Gasteiger partial charge in [0.1, 0.15) is 12.7 Å². The average Bonchev–Trinajstić information content (AvgIpc) is 3.20. The number of carbonyl (C=O) groups is 2. The summed E-state index contributed by atoms with van der Waals surface area (Å²) in [6.07, 6.45) is 1.89. The number of hydrogen-bond donors (Lipinski definition) is 1. The minimum atomic E-state index is -0.925. The van der Waals surface area contributed by atoms with Gasteiger partial charge in [0, 0.05) is 18.1 Å². The van der Waals surface area contributed by atoms with Crippen LogP contribution >= 0.6 is 0 Å². The van der Waals surface area contributed by atoms with Crippen LogP contribution in [0.4, 0.5) is 0 Å². The number of carboxylic acids is 1. The Balaban J connectivity index is 0.000000180. The van der Waals surface area contributed by atoms with Crippen LogP contribution in [0.3, 0.4) is 0 Å². The molecule has 6 heteroatoms. The molecule has 0 aromatic carbocycles. The molecule has 100 valence electrons. The number of carboxylic acid groups (broad SMARTS) is 1. The highest BCUT2D eigenvalue weighted by atomic mass is 16.6. The fourth-order valence-electron chi connectivity index (χ4n) is 0.946. The van der Waals surface area contributed by atoms with Gasteiger partial charge in [-0.15, -0.1) is 0 Å². The maximum absolute atomic E-state index is 10.3. The molecule has 2 aliphatic heterocycles. The molecule has 0 radical (unpaired) electrons. The van der Waals surface area contributed by atoms with E-state index in [0.29, 0.717) is 26.2 Å². The molecule has 2 saturated heterocycles. The number of rotatable bonds is 6. The molecule has 2 fully saturated rings. The van der Waals surface area contributed by atoms with Gasteiger partial charge in [0.15, 0.2) is 0 Å². The third-order valence-corrected chi connectivity index (χ3v) is 2.16. The van der Waals surface area contributed by atoms with Crippen LogP contribution in [0.2, 0.25) is 0 Å². The number of carbonyl (C=O) groups excluding carboxylic acids is 1. The van der Waals surface area contributed by atoms with E-state index in [1.807, 2.05) is 0 Å². The quantitative estimate of drug-likeness (QED) is 0.423. The molecule has 0 bridgehead atoms. The first-order valence-corrected chi connectivity index (χ1v) is 5.46. The van der Waals surface area contributed by atoms with Gasteiger partial charge >= 0.3 is 11.9 Å². The Labute approximate surface area is 105 Å². The molecule has 2 aliphatic rings. The summed E-state index contributed by atoms with van der Waals surface area (Å²) < 4.78 is 14.2. The van der Waals surface area contributed by atoms with E-state index in [9.17, 15) is 9.59 Å². The second kappa shape index (κ2) is 6.93. The minimum absolute atomic E-state index is 0.133. The van der Waals surface area contributed by atoms with Crippen LogP contribution in [-0.4, -0.2) is 49.1 Å². The summed E-state index contributed by atoms with van der Waals surface area (Å²) >= 11 is 0. The maximum Gasteiger partial charge on any atom is 0.331 e. The van der Waals surface area contributed by atoms with Gasteiger partial charge in [-0.1, -0.05) is 13.2 Å². The summed E-state index contributed by atoms with van der Waals surface area (Å²) in [5.41, 5.74) is 0.234. The van der Waals surface area contributed by atoms with Crippen LogP contribution in [-0.2, 0) is 23.8 Å². The van der Waals surface area contributed by atoms with Crippen molar-refractivity contribution in [2.45, 2.75) is 18.6 Å². The van der Waals surface area contributed by atoms with E-state index in [-0.39, 0.29) is 23.8 Å². The normalized spacial score (nSPS) is 23.1. The maximum atomic E-state index is 10.3. The van der Waals surface area contributed by atoms with Crippen molar-refractivity contribution in [3.8, 4) is 0 Å². The highest BCUT2D eigenvalue weighted by Crippen LogP contribution is 2.17. The molecule has 0 aromatic heterocycles. The minimum Gasteiger partial charge on any atom is -0.478 e. The van der Waals surface area contributed by atoms with Crippen molar-refractivity contribution < 1.29 is 28.9 Å². The van der Waals surface area contributed by atoms with Crippen molar-refractivity contribution in [2.75, 3.05) is 19.8 Å². The fraction of sp³-hybridized carbons (Fsp3) is 0.500. The lowest BCUT2D eigenvalue weighted by Crippen LogP contribution is -2.06. The number of esters is 1. The van der Waals surface area contributed by atoms with E-state index in [1.165, 1.54) is 0 Å². The van der Waals surface area contributed by atoms with E-state index in [1.54, 1.807) is 0 Å². The van der Waals surface area contributed by atoms with Gasteiger partial charge < -0.3 is 19.3 Å². The average molecular weight is 256 g/mol. The lowest BCUT2D eigenvalue weighted by atomic mass is 10.2. The molecule has 2 atom stereocenters. The first kappa shape index (κ1) is 14.4. The van der Waals surface area contributed by atoms with Crippen LogP contribution in [0.1, 0.15) is 6.42 Å². The SMILES string of the molecule is C=C(CC1CO1)C(=O)O.C=CC(=O)OCC1CO1. The zero-order valence-corrected chi connectivity index (χ0v) is 9.96. The first-order valence-electron chi connectivity index (χ1n) is 5.46. The van der Waals surface area contributed by atoms with Gasteiger partial charge in [0.2, 0.25) is 0 Å². The molecular formula is C12H16O6. The monoisotopic (exact) mass is 256 g/mol. The molecule has 0 aliphatic carbocycles.